The van der Waals surface area contributed by atoms with E-state index in [4.69, 9.17) is 4.74 Å². The van der Waals surface area contributed by atoms with Crippen LogP contribution in [0.3, 0.4) is 0 Å². The van der Waals surface area contributed by atoms with Crippen molar-refractivity contribution < 1.29 is 9.53 Å². The maximum atomic E-state index is 10.7. The number of benzene rings is 1. The summed E-state index contributed by atoms with van der Waals surface area (Å²) in [6.45, 7) is 1.39. The van der Waals surface area contributed by atoms with Crippen LogP contribution in [0.25, 0.3) is 0 Å². The summed E-state index contributed by atoms with van der Waals surface area (Å²) in [5.74, 6) is 0. The number of nitrogens with zero attached hydrogens (tertiary/aromatic N) is 1. The Kier molecular flexibility index (Phi) is 2.58. The Morgan fingerprint density at radius 3 is 2.71 bits per heavy atom. The van der Waals surface area contributed by atoms with Gasteiger partial charge in [-0.15, -0.1) is 0 Å². The van der Waals surface area contributed by atoms with Crippen molar-refractivity contribution in [2.45, 2.75) is 44.4 Å². The molecule has 3 nitrogen and oxygen atoms in total. The van der Waals surface area contributed by atoms with Gasteiger partial charge in [0.05, 0.1) is 18.8 Å². The molecule has 1 saturated carbocycles. The summed E-state index contributed by atoms with van der Waals surface area (Å²) >= 11 is 0. The molecule has 1 fully saturated rings. The highest BCUT2D eigenvalue weighted by molar-refractivity contribution is 5.42. The fraction of sp³-hybridized carbons (Fsp3) is 0.500. The zero-order chi connectivity index (χ0) is 11.7. The van der Waals surface area contributed by atoms with E-state index in [0.717, 1.165) is 31.2 Å². The third-order valence-corrected chi connectivity index (χ3v) is 3.95. The van der Waals surface area contributed by atoms with Crippen LogP contribution in [0, 0.1) is 0 Å². The first-order valence-electron chi connectivity index (χ1n) is 6.13. The van der Waals surface area contributed by atoms with Crippen LogP contribution in [-0.4, -0.2) is 6.08 Å². The van der Waals surface area contributed by atoms with E-state index in [1.54, 1.807) is 6.08 Å². The van der Waals surface area contributed by atoms with E-state index in [9.17, 15) is 4.79 Å². The number of rotatable bonds is 2. The summed E-state index contributed by atoms with van der Waals surface area (Å²) in [5, 5.41) is 0. The lowest BCUT2D eigenvalue weighted by Crippen LogP contribution is -2.19. The van der Waals surface area contributed by atoms with Crippen molar-refractivity contribution in [2.75, 3.05) is 0 Å². The number of aliphatic imine (C=N–C) groups is 1. The fourth-order valence-corrected chi connectivity index (χ4v) is 2.97. The van der Waals surface area contributed by atoms with Gasteiger partial charge in [0.2, 0.25) is 6.08 Å². The van der Waals surface area contributed by atoms with Crippen molar-refractivity contribution in [3.05, 3.63) is 34.9 Å². The molecule has 3 heteroatoms. The van der Waals surface area contributed by atoms with E-state index in [1.807, 2.05) is 0 Å². The molecule has 3 rings (SSSR count). The molecule has 0 bridgehead atoms. The average Bonchev–Trinajstić information content (AvgIpc) is 2.96. The standard InChI is InChI=1S/C14H15NO2/c16-10-15-14(5-1-2-6-14)13-4-3-11-8-17-9-12(11)7-13/h3-4,7H,1-2,5-6,8-9H2. The molecule has 1 aromatic carbocycles. The van der Waals surface area contributed by atoms with Crippen molar-refractivity contribution in [1.29, 1.82) is 0 Å². The van der Waals surface area contributed by atoms with Gasteiger partial charge in [0.15, 0.2) is 0 Å². The molecule has 17 heavy (non-hydrogen) atoms. The summed E-state index contributed by atoms with van der Waals surface area (Å²) in [7, 11) is 0. The quantitative estimate of drug-likeness (QED) is 0.577. The molecule has 1 aromatic rings. The topological polar surface area (TPSA) is 38.7 Å². The maximum absolute atomic E-state index is 10.7. The van der Waals surface area contributed by atoms with Crippen molar-refractivity contribution in [1.82, 2.24) is 0 Å². The largest absolute Gasteiger partial charge is 0.372 e. The van der Waals surface area contributed by atoms with Crippen LogP contribution in [-0.2, 0) is 28.3 Å². The number of hydrogen-bond acceptors (Lipinski definition) is 3. The minimum absolute atomic E-state index is 0.306. The average molecular weight is 229 g/mol. The molecular weight excluding hydrogens is 214 g/mol. The third kappa shape index (κ3) is 1.72. The van der Waals surface area contributed by atoms with E-state index >= 15 is 0 Å². The third-order valence-electron chi connectivity index (χ3n) is 3.95. The zero-order valence-electron chi connectivity index (χ0n) is 9.74. The van der Waals surface area contributed by atoms with Crippen molar-refractivity contribution in [2.24, 2.45) is 4.99 Å². The van der Waals surface area contributed by atoms with Crippen LogP contribution >= 0.6 is 0 Å². The Hall–Kier alpha value is -1.44. The highest BCUT2D eigenvalue weighted by atomic mass is 16.5. The number of isocyanates is 1. The van der Waals surface area contributed by atoms with Gasteiger partial charge in [0, 0.05) is 0 Å². The second kappa shape index (κ2) is 4.10. The lowest BCUT2D eigenvalue weighted by atomic mass is 9.87. The van der Waals surface area contributed by atoms with Crippen molar-refractivity contribution in [3.63, 3.8) is 0 Å². The Morgan fingerprint density at radius 1 is 1.18 bits per heavy atom. The molecule has 2 aliphatic rings. The minimum atomic E-state index is -0.306. The molecule has 0 spiro atoms. The van der Waals surface area contributed by atoms with Crippen LogP contribution in [0.2, 0.25) is 0 Å². The van der Waals surface area contributed by atoms with Gasteiger partial charge in [-0.2, -0.15) is 4.99 Å². The maximum Gasteiger partial charge on any atom is 0.235 e. The van der Waals surface area contributed by atoms with Gasteiger partial charge in [-0.1, -0.05) is 31.0 Å². The summed E-state index contributed by atoms with van der Waals surface area (Å²) in [5.41, 5.74) is 3.36. The van der Waals surface area contributed by atoms with Crippen LogP contribution in [0.15, 0.2) is 23.2 Å². The number of carbonyl (C=O) groups excluding carboxylic acids is 1. The monoisotopic (exact) mass is 229 g/mol. The van der Waals surface area contributed by atoms with E-state index in [2.05, 4.69) is 23.2 Å². The van der Waals surface area contributed by atoms with Crippen LogP contribution in [0.4, 0.5) is 0 Å². The number of ether oxygens (including phenoxy) is 1. The lowest BCUT2D eigenvalue weighted by molar-refractivity contribution is 0.134. The fourth-order valence-electron chi connectivity index (χ4n) is 2.97. The Labute approximate surface area is 101 Å². The van der Waals surface area contributed by atoms with E-state index < -0.39 is 0 Å². The molecule has 88 valence electrons. The van der Waals surface area contributed by atoms with Crippen molar-refractivity contribution >= 4 is 6.08 Å². The highest BCUT2D eigenvalue weighted by Gasteiger charge is 2.36. The Bertz CT molecular complexity index is 483. The molecule has 1 heterocycles. The van der Waals surface area contributed by atoms with E-state index in [-0.39, 0.29) is 5.54 Å². The smallest absolute Gasteiger partial charge is 0.235 e. The first kappa shape index (κ1) is 10.7. The molecule has 0 atom stereocenters. The van der Waals surface area contributed by atoms with Gasteiger partial charge in [0.25, 0.3) is 0 Å². The molecule has 0 aromatic heterocycles. The second-order valence-corrected chi connectivity index (χ2v) is 4.92. The lowest BCUT2D eigenvalue weighted by Gasteiger charge is -2.23. The normalized spacial score (nSPS) is 20.9. The molecule has 1 aliphatic heterocycles. The van der Waals surface area contributed by atoms with Crippen LogP contribution in [0.5, 0.6) is 0 Å². The van der Waals surface area contributed by atoms with Gasteiger partial charge in [-0.05, 0) is 29.5 Å². The first-order valence-corrected chi connectivity index (χ1v) is 6.13. The predicted molar refractivity (Wildman–Crippen MR) is 63.2 cm³/mol. The van der Waals surface area contributed by atoms with Gasteiger partial charge in [0.1, 0.15) is 0 Å². The summed E-state index contributed by atoms with van der Waals surface area (Å²) in [4.78, 5) is 14.8. The van der Waals surface area contributed by atoms with Gasteiger partial charge in [-0.3, -0.25) is 0 Å². The molecule has 0 amide bonds. The SMILES string of the molecule is O=C=NC1(c2ccc3c(c2)COC3)CCCC1. The molecule has 1 aliphatic carbocycles. The molecule has 0 N–H and O–H groups in total. The van der Waals surface area contributed by atoms with Gasteiger partial charge < -0.3 is 4.74 Å². The molecule has 0 unspecified atom stereocenters. The summed E-state index contributed by atoms with van der Waals surface area (Å²) in [6, 6.07) is 6.37. The first-order chi connectivity index (χ1) is 8.34. The summed E-state index contributed by atoms with van der Waals surface area (Å²) < 4.78 is 5.42. The van der Waals surface area contributed by atoms with Crippen LogP contribution < -0.4 is 0 Å². The number of fused-ring (bicyclic) bond motifs is 1. The summed E-state index contributed by atoms with van der Waals surface area (Å²) in [6.07, 6.45) is 5.96. The molecule has 0 saturated heterocycles. The minimum Gasteiger partial charge on any atom is -0.372 e. The van der Waals surface area contributed by atoms with Crippen LogP contribution in [0.1, 0.15) is 42.4 Å². The van der Waals surface area contributed by atoms with Gasteiger partial charge >= 0.3 is 0 Å². The number of hydrogen-bond donors (Lipinski definition) is 0. The Morgan fingerprint density at radius 2 is 1.94 bits per heavy atom. The second-order valence-electron chi connectivity index (χ2n) is 4.92. The molecule has 0 radical (unpaired) electrons. The zero-order valence-corrected chi connectivity index (χ0v) is 9.74. The highest BCUT2D eigenvalue weighted by Crippen LogP contribution is 2.42. The van der Waals surface area contributed by atoms with E-state index in [0.29, 0.717) is 13.2 Å². The van der Waals surface area contributed by atoms with E-state index in [1.165, 1.54) is 11.1 Å². The van der Waals surface area contributed by atoms with Gasteiger partial charge in [-0.25, -0.2) is 4.79 Å². The van der Waals surface area contributed by atoms with Crippen molar-refractivity contribution in [3.8, 4) is 0 Å². The predicted octanol–water partition coefficient (Wildman–Crippen LogP) is 2.82. The Balaban J connectivity index is 2.04. The molecular formula is C14H15NO2.